The lowest BCUT2D eigenvalue weighted by Crippen LogP contribution is -2.54. The Bertz CT molecular complexity index is 864. The van der Waals surface area contributed by atoms with Gasteiger partial charge in [-0.3, -0.25) is 0 Å². The van der Waals surface area contributed by atoms with Crippen LogP contribution in [0.3, 0.4) is 0 Å². The van der Waals surface area contributed by atoms with E-state index < -0.39 is 5.60 Å². The maximum atomic E-state index is 12.1. The largest absolute Gasteiger partial charge is 0.444 e. The minimum absolute atomic E-state index is 0.281. The number of hydrogen-bond donors (Lipinski definition) is 2. The van der Waals surface area contributed by atoms with Gasteiger partial charge in [0.1, 0.15) is 16.4 Å². The highest BCUT2D eigenvalue weighted by molar-refractivity contribution is 9.10. The van der Waals surface area contributed by atoms with Crippen LogP contribution in [0, 0.1) is 0 Å². The quantitative estimate of drug-likeness (QED) is 0.551. The zero-order valence-corrected chi connectivity index (χ0v) is 20.1. The molecule has 0 saturated carbocycles. The van der Waals surface area contributed by atoms with Crippen molar-refractivity contribution >= 4 is 45.5 Å². The van der Waals surface area contributed by atoms with E-state index in [0.29, 0.717) is 0 Å². The van der Waals surface area contributed by atoms with Gasteiger partial charge < -0.3 is 19.3 Å². The Morgan fingerprint density at radius 1 is 1.23 bits per heavy atom. The van der Waals surface area contributed by atoms with E-state index in [1.54, 1.807) is 18.0 Å². The van der Waals surface area contributed by atoms with Gasteiger partial charge in [-0.1, -0.05) is 17.8 Å². The molecule has 1 aromatic heterocycles. The molecule has 2 heterocycles. The van der Waals surface area contributed by atoms with Crippen LogP contribution in [0.25, 0.3) is 0 Å². The van der Waals surface area contributed by atoms with Crippen LogP contribution < -0.4 is 14.6 Å². The maximum Gasteiger partial charge on any atom is 0.408 e. The topological polar surface area (TPSA) is 79.4 Å². The first-order valence-corrected chi connectivity index (χ1v) is 11.5. The number of amides is 1. The first-order valence-electron chi connectivity index (χ1n) is 9.89. The zero-order chi connectivity index (χ0) is 21.8. The van der Waals surface area contributed by atoms with Crippen molar-refractivity contribution < 1.29 is 9.53 Å². The molecule has 0 unspecified atom stereocenters. The highest BCUT2D eigenvalue weighted by Gasteiger charge is 2.33. The number of hydrogen-bond acceptors (Lipinski definition) is 7. The fourth-order valence-corrected chi connectivity index (χ4v) is 4.20. The van der Waals surface area contributed by atoms with E-state index in [2.05, 4.69) is 47.6 Å². The van der Waals surface area contributed by atoms with Gasteiger partial charge in [0.15, 0.2) is 0 Å². The van der Waals surface area contributed by atoms with Crippen LogP contribution in [0.2, 0.25) is 0 Å². The zero-order valence-electron chi connectivity index (χ0n) is 17.7. The van der Waals surface area contributed by atoms with Gasteiger partial charge in [0.05, 0.1) is 12.4 Å². The molecule has 1 amide bonds. The molecule has 2 aromatic rings. The molecular formula is C21H28BrN5O2S. The number of nitrogens with one attached hydrogen (secondary N) is 2. The fourth-order valence-electron chi connectivity index (χ4n) is 3.17. The summed E-state index contributed by atoms with van der Waals surface area (Å²) in [6.07, 6.45) is 4.90. The Balaban J connectivity index is 1.55. The van der Waals surface area contributed by atoms with Crippen LogP contribution in [-0.4, -0.2) is 40.3 Å². The molecule has 2 N–H and O–H groups in total. The van der Waals surface area contributed by atoms with E-state index in [-0.39, 0.29) is 11.6 Å². The number of benzene rings is 1. The molecule has 1 aliphatic rings. The van der Waals surface area contributed by atoms with Crippen LogP contribution in [0.4, 0.5) is 16.3 Å². The predicted octanol–water partition coefficient (Wildman–Crippen LogP) is 5.23. The van der Waals surface area contributed by atoms with Crippen LogP contribution in [0.15, 0.2) is 46.6 Å². The summed E-state index contributed by atoms with van der Waals surface area (Å²) in [5.74, 6) is 0.856. The predicted molar refractivity (Wildman–Crippen MR) is 124 cm³/mol. The van der Waals surface area contributed by atoms with Crippen molar-refractivity contribution in [2.45, 2.75) is 61.6 Å². The lowest BCUT2D eigenvalue weighted by Gasteiger charge is -2.40. The maximum absolute atomic E-state index is 12.1. The number of rotatable bonds is 5. The first kappa shape index (κ1) is 22.7. The molecule has 1 fully saturated rings. The molecule has 3 rings (SSSR count). The Morgan fingerprint density at radius 2 is 1.97 bits per heavy atom. The Morgan fingerprint density at radius 3 is 2.57 bits per heavy atom. The standard InChI is InChI=1S/C21H28BrN5O2S/c1-20(2,3)29-19(28)25-21(4)8-10-27(11-9-21)17-13-24-18(14-23-17)30-16-7-5-6-15(12-16)26-22/h5-7,12-14,26H,8-11H2,1-4H3,(H,25,28). The highest BCUT2D eigenvalue weighted by Crippen LogP contribution is 2.30. The molecule has 0 atom stereocenters. The van der Waals surface area contributed by atoms with E-state index >= 15 is 0 Å². The number of aromatic nitrogens is 2. The molecule has 30 heavy (non-hydrogen) atoms. The molecule has 0 spiro atoms. The van der Waals surface area contributed by atoms with Gasteiger partial charge in [-0.2, -0.15) is 0 Å². The summed E-state index contributed by atoms with van der Waals surface area (Å²) >= 11 is 4.81. The molecule has 0 aliphatic carbocycles. The summed E-state index contributed by atoms with van der Waals surface area (Å²) in [6, 6.07) is 8.05. The van der Waals surface area contributed by atoms with E-state index in [1.807, 2.05) is 51.2 Å². The summed E-state index contributed by atoms with van der Waals surface area (Å²) in [7, 11) is 0. The molecule has 1 saturated heterocycles. The van der Waals surface area contributed by atoms with Gasteiger partial charge in [0.25, 0.3) is 0 Å². The lowest BCUT2D eigenvalue weighted by molar-refractivity contribution is 0.0448. The number of carbonyl (C=O) groups excluding carboxylic acids is 1. The summed E-state index contributed by atoms with van der Waals surface area (Å²) in [4.78, 5) is 24.6. The molecular weight excluding hydrogens is 466 g/mol. The molecule has 162 valence electrons. The summed E-state index contributed by atoms with van der Waals surface area (Å²) in [5, 5.41) is 3.88. The van der Waals surface area contributed by atoms with Crippen molar-refractivity contribution in [3.63, 3.8) is 0 Å². The van der Waals surface area contributed by atoms with Crippen molar-refractivity contribution in [3.8, 4) is 0 Å². The van der Waals surface area contributed by atoms with Crippen molar-refractivity contribution in [2.24, 2.45) is 0 Å². The average Bonchev–Trinajstić information content (AvgIpc) is 2.67. The van der Waals surface area contributed by atoms with Crippen LogP contribution in [0.5, 0.6) is 0 Å². The first-order chi connectivity index (χ1) is 14.2. The molecule has 7 nitrogen and oxygen atoms in total. The molecule has 9 heteroatoms. The van der Waals surface area contributed by atoms with E-state index in [9.17, 15) is 4.79 Å². The van der Waals surface area contributed by atoms with Crippen LogP contribution in [-0.2, 0) is 4.74 Å². The molecule has 0 bridgehead atoms. The highest BCUT2D eigenvalue weighted by atomic mass is 79.9. The third-order valence-corrected chi connectivity index (χ3v) is 6.14. The van der Waals surface area contributed by atoms with E-state index in [0.717, 1.165) is 47.4 Å². The third-order valence-electron chi connectivity index (χ3n) is 4.77. The summed E-state index contributed by atoms with van der Waals surface area (Å²) in [5.41, 5.74) is 0.208. The van der Waals surface area contributed by atoms with E-state index in [1.165, 1.54) is 0 Å². The number of anilines is 2. The van der Waals surface area contributed by atoms with Gasteiger partial charge in [-0.15, -0.1) is 0 Å². The number of piperidine rings is 1. The summed E-state index contributed by atoms with van der Waals surface area (Å²) in [6.45, 7) is 9.27. The third kappa shape index (κ3) is 6.50. The van der Waals surface area contributed by atoms with Gasteiger partial charge in [0.2, 0.25) is 0 Å². The van der Waals surface area contributed by atoms with Gasteiger partial charge in [-0.25, -0.2) is 14.8 Å². The van der Waals surface area contributed by atoms with Crippen molar-refractivity contribution in [3.05, 3.63) is 36.7 Å². The van der Waals surface area contributed by atoms with Gasteiger partial charge >= 0.3 is 6.09 Å². The normalized spacial score (nSPS) is 16.1. The van der Waals surface area contributed by atoms with Crippen molar-refractivity contribution in [1.82, 2.24) is 15.3 Å². The Labute approximate surface area is 190 Å². The molecule has 1 aromatic carbocycles. The SMILES string of the molecule is CC1(NC(=O)OC(C)(C)C)CCN(c2cnc(Sc3cccc(NBr)c3)cn2)CC1. The lowest BCUT2D eigenvalue weighted by atomic mass is 9.90. The fraction of sp³-hybridized carbons (Fsp3) is 0.476. The van der Waals surface area contributed by atoms with Crippen LogP contribution >= 0.6 is 27.9 Å². The van der Waals surface area contributed by atoms with Gasteiger partial charge in [-0.05, 0) is 58.7 Å². The second-order valence-corrected chi connectivity index (χ2v) is 10.1. The number of halogens is 1. The number of nitrogens with zero attached hydrogens (tertiary/aromatic N) is 3. The number of ether oxygens (including phenoxy) is 1. The van der Waals surface area contributed by atoms with Crippen LogP contribution in [0.1, 0.15) is 40.5 Å². The average molecular weight is 494 g/mol. The molecule has 0 radical (unpaired) electrons. The van der Waals surface area contributed by atoms with Crippen molar-refractivity contribution in [1.29, 1.82) is 0 Å². The van der Waals surface area contributed by atoms with Crippen molar-refractivity contribution in [2.75, 3.05) is 22.3 Å². The second-order valence-electron chi connectivity index (χ2n) is 8.61. The second kappa shape index (κ2) is 9.43. The smallest absolute Gasteiger partial charge is 0.408 e. The number of carbonyl (C=O) groups is 1. The minimum atomic E-state index is -0.497. The molecule has 1 aliphatic heterocycles. The van der Waals surface area contributed by atoms with E-state index in [4.69, 9.17) is 4.74 Å². The Kier molecular flexibility index (Phi) is 7.13. The number of alkyl carbamates (subject to hydrolysis) is 1. The van der Waals surface area contributed by atoms with Gasteiger partial charge in [0, 0.05) is 45.4 Å². The summed E-state index contributed by atoms with van der Waals surface area (Å²) < 4.78 is 8.36. The monoisotopic (exact) mass is 493 g/mol. The Hall–Kier alpha value is -2.00. The minimum Gasteiger partial charge on any atom is -0.444 e.